The molecule has 17 heavy (non-hydrogen) atoms. The predicted octanol–water partition coefficient (Wildman–Crippen LogP) is 2.89. The average Bonchev–Trinajstić information content (AvgIpc) is 2.64. The molecule has 2 nitrogen and oxygen atoms in total. The van der Waals surface area contributed by atoms with Crippen molar-refractivity contribution in [3.05, 3.63) is 11.6 Å². The Balaban J connectivity index is 2.05. The van der Waals surface area contributed by atoms with Crippen LogP contribution in [0.3, 0.4) is 0 Å². The van der Waals surface area contributed by atoms with Crippen LogP contribution in [0.15, 0.2) is 11.6 Å². The first-order valence-electron chi connectivity index (χ1n) is 6.88. The van der Waals surface area contributed by atoms with Crippen molar-refractivity contribution in [1.29, 1.82) is 0 Å². The molecule has 0 unspecified atom stereocenters. The second-order valence-corrected chi connectivity index (χ2v) is 6.57. The summed E-state index contributed by atoms with van der Waals surface area (Å²) in [7, 11) is 0. The molecule has 4 atom stereocenters. The SMILES string of the molecule is C/C(=C/CC[C@]1(C)[C@H]2CC[C@]1(C)[C@H](O)C2)CO. The van der Waals surface area contributed by atoms with Crippen LogP contribution in [-0.4, -0.2) is 22.9 Å². The summed E-state index contributed by atoms with van der Waals surface area (Å²) >= 11 is 0. The maximum absolute atomic E-state index is 10.2. The van der Waals surface area contributed by atoms with Crippen LogP contribution in [0, 0.1) is 16.7 Å². The third-order valence-corrected chi connectivity index (χ3v) is 5.87. The van der Waals surface area contributed by atoms with Crippen molar-refractivity contribution < 1.29 is 10.2 Å². The molecule has 0 heterocycles. The van der Waals surface area contributed by atoms with E-state index >= 15 is 0 Å². The summed E-state index contributed by atoms with van der Waals surface area (Å²) < 4.78 is 0. The molecule has 0 aliphatic heterocycles. The zero-order valence-corrected chi connectivity index (χ0v) is 11.4. The van der Waals surface area contributed by atoms with Crippen molar-refractivity contribution >= 4 is 0 Å². The first kappa shape index (κ1) is 13.1. The smallest absolute Gasteiger partial charge is 0.0639 e. The zero-order chi connectivity index (χ0) is 12.7. The van der Waals surface area contributed by atoms with Crippen molar-refractivity contribution in [2.75, 3.05) is 6.61 Å². The lowest BCUT2D eigenvalue weighted by atomic mass is 9.66. The summed E-state index contributed by atoms with van der Waals surface area (Å²) in [5.41, 5.74) is 1.47. The summed E-state index contributed by atoms with van der Waals surface area (Å²) in [5.74, 6) is 0.699. The van der Waals surface area contributed by atoms with Gasteiger partial charge in [-0.1, -0.05) is 25.5 Å². The van der Waals surface area contributed by atoms with Gasteiger partial charge in [-0.2, -0.15) is 0 Å². The van der Waals surface area contributed by atoms with Crippen LogP contribution in [0.1, 0.15) is 52.9 Å². The molecule has 0 amide bonds. The van der Waals surface area contributed by atoms with Crippen molar-refractivity contribution in [3.63, 3.8) is 0 Å². The molecule has 0 radical (unpaired) electrons. The molecule has 2 heteroatoms. The molecule has 2 rings (SSSR count). The molecule has 0 spiro atoms. The fraction of sp³-hybridized carbons (Fsp3) is 0.867. The van der Waals surface area contributed by atoms with Gasteiger partial charge in [0, 0.05) is 0 Å². The lowest BCUT2D eigenvalue weighted by Crippen LogP contribution is -2.37. The highest BCUT2D eigenvalue weighted by atomic mass is 16.3. The number of hydrogen-bond donors (Lipinski definition) is 2. The molecule has 2 fully saturated rings. The fourth-order valence-corrected chi connectivity index (χ4v) is 4.17. The summed E-state index contributed by atoms with van der Waals surface area (Å²) in [4.78, 5) is 0. The summed E-state index contributed by atoms with van der Waals surface area (Å²) in [6.07, 6.45) is 7.68. The largest absolute Gasteiger partial charge is 0.393 e. The van der Waals surface area contributed by atoms with Gasteiger partial charge in [0.15, 0.2) is 0 Å². The lowest BCUT2D eigenvalue weighted by molar-refractivity contribution is 0.00199. The van der Waals surface area contributed by atoms with E-state index in [4.69, 9.17) is 5.11 Å². The molecule has 2 aliphatic carbocycles. The molecular formula is C15H26O2. The van der Waals surface area contributed by atoms with Gasteiger partial charge in [0.2, 0.25) is 0 Å². The van der Waals surface area contributed by atoms with Gasteiger partial charge in [-0.05, 0) is 55.8 Å². The Hall–Kier alpha value is -0.340. The van der Waals surface area contributed by atoms with Gasteiger partial charge in [0.05, 0.1) is 12.7 Å². The van der Waals surface area contributed by atoms with Gasteiger partial charge in [0.1, 0.15) is 0 Å². The van der Waals surface area contributed by atoms with E-state index < -0.39 is 0 Å². The highest BCUT2D eigenvalue weighted by Gasteiger charge is 2.62. The highest BCUT2D eigenvalue weighted by Crippen LogP contribution is 2.67. The van der Waals surface area contributed by atoms with Crippen LogP contribution in [-0.2, 0) is 0 Å². The monoisotopic (exact) mass is 238 g/mol. The molecular weight excluding hydrogens is 212 g/mol. The number of hydrogen-bond acceptors (Lipinski definition) is 2. The van der Waals surface area contributed by atoms with Crippen LogP contribution in [0.4, 0.5) is 0 Å². The fourth-order valence-electron chi connectivity index (χ4n) is 4.17. The third-order valence-electron chi connectivity index (χ3n) is 5.87. The number of allylic oxidation sites excluding steroid dienone is 1. The van der Waals surface area contributed by atoms with Crippen molar-refractivity contribution in [2.24, 2.45) is 16.7 Å². The van der Waals surface area contributed by atoms with E-state index in [0.717, 1.165) is 24.8 Å². The number of aliphatic hydroxyl groups is 2. The Labute approximate surface area is 105 Å². The summed E-state index contributed by atoms with van der Waals surface area (Å²) in [6.45, 7) is 6.78. The quantitative estimate of drug-likeness (QED) is 0.739. The minimum absolute atomic E-state index is 0.103. The highest BCUT2D eigenvalue weighted by molar-refractivity contribution is 5.13. The lowest BCUT2D eigenvalue weighted by Gasteiger charge is -2.40. The van der Waals surface area contributed by atoms with Gasteiger partial charge in [0.25, 0.3) is 0 Å². The Kier molecular flexibility index (Phi) is 3.39. The van der Waals surface area contributed by atoms with Gasteiger partial charge >= 0.3 is 0 Å². The van der Waals surface area contributed by atoms with Gasteiger partial charge in [-0.25, -0.2) is 0 Å². The number of rotatable bonds is 4. The summed E-state index contributed by atoms with van der Waals surface area (Å²) in [6, 6.07) is 0. The molecule has 0 saturated heterocycles. The van der Waals surface area contributed by atoms with E-state index in [1.807, 2.05) is 6.92 Å². The van der Waals surface area contributed by atoms with Gasteiger partial charge in [-0.3, -0.25) is 0 Å². The van der Waals surface area contributed by atoms with Crippen molar-refractivity contribution in [2.45, 2.75) is 59.0 Å². The van der Waals surface area contributed by atoms with E-state index in [2.05, 4.69) is 19.9 Å². The molecule has 2 bridgehead atoms. The normalized spacial score (nSPS) is 45.6. The number of fused-ring (bicyclic) bond motifs is 2. The van der Waals surface area contributed by atoms with Gasteiger partial charge < -0.3 is 10.2 Å². The molecule has 2 N–H and O–H groups in total. The van der Waals surface area contributed by atoms with E-state index in [-0.39, 0.29) is 18.1 Å². The second-order valence-electron chi connectivity index (χ2n) is 6.57. The van der Waals surface area contributed by atoms with Crippen LogP contribution in [0.25, 0.3) is 0 Å². The Morgan fingerprint density at radius 2 is 2.12 bits per heavy atom. The molecule has 0 aromatic carbocycles. The first-order valence-corrected chi connectivity index (χ1v) is 6.88. The maximum Gasteiger partial charge on any atom is 0.0639 e. The standard InChI is InChI=1S/C15H26O2/c1-11(10-16)5-4-7-14(2)12-6-8-15(14,3)13(17)9-12/h5,12-13,16-17H,4,6-10H2,1-3H3/b11-5-/t12-,13+,14+,15+/m0/s1. The van der Waals surface area contributed by atoms with Crippen LogP contribution < -0.4 is 0 Å². The molecule has 0 aromatic rings. The zero-order valence-electron chi connectivity index (χ0n) is 11.4. The predicted molar refractivity (Wildman–Crippen MR) is 69.6 cm³/mol. The minimum atomic E-state index is -0.103. The second kappa shape index (κ2) is 4.40. The summed E-state index contributed by atoms with van der Waals surface area (Å²) in [5, 5.41) is 19.2. The van der Waals surface area contributed by atoms with Crippen LogP contribution in [0.2, 0.25) is 0 Å². The first-order chi connectivity index (χ1) is 7.94. The van der Waals surface area contributed by atoms with Crippen LogP contribution in [0.5, 0.6) is 0 Å². The van der Waals surface area contributed by atoms with Crippen molar-refractivity contribution in [3.8, 4) is 0 Å². The Bertz CT molecular complexity index is 323. The van der Waals surface area contributed by atoms with Gasteiger partial charge in [-0.15, -0.1) is 0 Å². The van der Waals surface area contributed by atoms with E-state index in [9.17, 15) is 5.11 Å². The molecule has 98 valence electrons. The molecule has 0 aromatic heterocycles. The van der Waals surface area contributed by atoms with E-state index in [1.165, 1.54) is 12.8 Å². The van der Waals surface area contributed by atoms with Crippen LogP contribution >= 0.6 is 0 Å². The Morgan fingerprint density at radius 1 is 1.41 bits per heavy atom. The molecule has 2 saturated carbocycles. The average molecular weight is 238 g/mol. The Morgan fingerprint density at radius 3 is 2.59 bits per heavy atom. The molecule has 2 aliphatic rings. The maximum atomic E-state index is 10.2. The third kappa shape index (κ3) is 1.86. The van der Waals surface area contributed by atoms with E-state index in [0.29, 0.717) is 11.3 Å². The van der Waals surface area contributed by atoms with E-state index in [1.54, 1.807) is 0 Å². The van der Waals surface area contributed by atoms with Crippen molar-refractivity contribution in [1.82, 2.24) is 0 Å². The number of aliphatic hydroxyl groups excluding tert-OH is 2. The minimum Gasteiger partial charge on any atom is -0.393 e. The topological polar surface area (TPSA) is 40.5 Å².